The lowest BCUT2D eigenvalue weighted by Crippen LogP contribution is -2.32. The third-order valence-corrected chi connectivity index (χ3v) is 5.62. The van der Waals surface area contributed by atoms with Gasteiger partial charge < -0.3 is 9.47 Å². The Morgan fingerprint density at radius 2 is 1.77 bits per heavy atom. The number of amidine groups is 1. The maximum Gasteiger partial charge on any atom is 0.282 e. The molecular formula is C23H14BrClN2O3. The zero-order chi connectivity index (χ0) is 20.7. The highest BCUT2D eigenvalue weighted by atomic mass is 79.9. The summed E-state index contributed by atoms with van der Waals surface area (Å²) >= 11 is 9.86. The van der Waals surface area contributed by atoms with Crippen LogP contribution in [0.4, 0.5) is 5.69 Å². The molecule has 2 aliphatic heterocycles. The number of fused-ring (bicyclic) bond motifs is 1. The molecule has 0 atom stereocenters. The van der Waals surface area contributed by atoms with Crippen LogP contribution in [0.5, 0.6) is 11.5 Å². The number of nitrogens with zero attached hydrogens (tertiary/aromatic N) is 2. The van der Waals surface area contributed by atoms with Crippen molar-refractivity contribution in [3.63, 3.8) is 0 Å². The summed E-state index contributed by atoms with van der Waals surface area (Å²) in [5.74, 6) is 1.59. The molecule has 0 saturated carbocycles. The van der Waals surface area contributed by atoms with Crippen molar-refractivity contribution < 1.29 is 14.3 Å². The van der Waals surface area contributed by atoms with Gasteiger partial charge in [-0.25, -0.2) is 4.99 Å². The van der Waals surface area contributed by atoms with E-state index in [0.29, 0.717) is 39.3 Å². The van der Waals surface area contributed by atoms with Gasteiger partial charge in [-0.1, -0.05) is 45.7 Å². The van der Waals surface area contributed by atoms with E-state index >= 15 is 0 Å². The van der Waals surface area contributed by atoms with E-state index in [2.05, 4.69) is 20.9 Å². The summed E-state index contributed by atoms with van der Waals surface area (Å²) in [6, 6.07) is 20.3. The van der Waals surface area contributed by atoms with Gasteiger partial charge in [-0.05, 0) is 60.2 Å². The second kappa shape index (κ2) is 7.63. The minimum absolute atomic E-state index is 0.195. The van der Waals surface area contributed by atoms with E-state index in [1.54, 1.807) is 17.0 Å². The van der Waals surface area contributed by atoms with E-state index in [9.17, 15) is 4.79 Å². The number of hydrogen-bond acceptors (Lipinski definition) is 4. The predicted molar refractivity (Wildman–Crippen MR) is 120 cm³/mol. The molecule has 148 valence electrons. The minimum atomic E-state index is -0.232. The molecule has 3 aromatic carbocycles. The third-order valence-electron chi connectivity index (χ3n) is 4.76. The number of ether oxygens (including phenoxy) is 2. The van der Waals surface area contributed by atoms with Gasteiger partial charge in [-0.15, -0.1) is 0 Å². The van der Waals surface area contributed by atoms with E-state index < -0.39 is 0 Å². The van der Waals surface area contributed by atoms with Crippen molar-refractivity contribution in [1.82, 2.24) is 0 Å². The van der Waals surface area contributed by atoms with E-state index in [0.717, 1.165) is 10.0 Å². The van der Waals surface area contributed by atoms with Gasteiger partial charge in [0.1, 0.15) is 11.5 Å². The van der Waals surface area contributed by atoms with E-state index in [1.807, 2.05) is 60.7 Å². The Kier molecular flexibility index (Phi) is 4.81. The maximum absolute atomic E-state index is 13.4. The first kappa shape index (κ1) is 18.9. The predicted octanol–water partition coefficient (Wildman–Crippen LogP) is 5.67. The van der Waals surface area contributed by atoms with Gasteiger partial charge in [0, 0.05) is 10.0 Å². The molecule has 0 saturated heterocycles. The Balaban J connectivity index is 1.61. The Labute approximate surface area is 186 Å². The first-order valence-corrected chi connectivity index (χ1v) is 10.3. The monoisotopic (exact) mass is 480 g/mol. The first-order valence-electron chi connectivity index (χ1n) is 9.15. The standard InChI is InChI=1S/C23H14BrClN2O3/c24-15-6-8-16(9-7-15)27-22(17-3-1-2-4-18(17)25)26-19(23(27)28)11-14-5-10-20-21(12-14)30-13-29-20/h1-12H,13H2/b19-11+. The second-order valence-corrected chi connectivity index (χ2v) is 8.00. The fraction of sp³-hybridized carbons (Fsp3) is 0.0435. The molecule has 0 bridgehead atoms. The van der Waals surface area contributed by atoms with Gasteiger partial charge in [-0.3, -0.25) is 9.69 Å². The lowest BCUT2D eigenvalue weighted by atomic mass is 10.1. The Morgan fingerprint density at radius 1 is 1.00 bits per heavy atom. The zero-order valence-corrected chi connectivity index (χ0v) is 17.9. The topological polar surface area (TPSA) is 51.1 Å². The number of rotatable bonds is 3. The number of carbonyl (C=O) groups excluding carboxylic acids is 1. The molecule has 0 unspecified atom stereocenters. The average molecular weight is 482 g/mol. The number of anilines is 1. The maximum atomic E-state index is 13.4. The van der Waals surface area contributed by atoms with Gasteiger partial charge in [0.05, 0.1) is 10.7 Å². The van der Waals surface area contributed by atoms with Gasteiger partial charge in [0.2, 0.25) is 6.79 Å². The van der Waals surface area contributed by atoms with E-state index in [4.69, 9.17) is 21.1 Å². The van der Waals surface area contributed by atoms with Crippen LogP contribution in [0.3, 0.4) is 0 Å². The molecule has 0 fully saturated rings. The molecule has 0 radical (unpaired) electrons. The van der Waals surface area contributed by atoms with Crippen molar-refractivity contribution in [1.29, 1.82) is 0 Å². The second-order valence-electron chi connectivity index (χ2n) is 6.67. The highest BCUT2D eigenvalue weighted by Crippen LogP contribution is 2.35. The molecule has 3 aromatic rings. The molecule has 2 heterocycles. The van der Waals surface area contributed by atoms with Gasteiger partial charge in [0.15, 0.2) is 11.5 Å². The first-order chi connectivity index (χ1) is 14.6. The summed E-state index contributed by atoms with van der Waals surface area (Å²) in [5.41, 5.74) is 2.50. The molecule has 5 rings (SSSR count). The summed E-state index contributed by atoms with van der Waals surface area (Å²) in [6.07, 6.45) is 1.74. The molecule has 0 N–H and O–H groups in total. The van der Waals surface area contributed by atoms with Crippen molar-refractivity contribution in [2.24, 2.45) is 4.99 Å². The lowest BCUT2D eigenvalue weighted by molar-refractivity contribution is -0.113. The summed E-state index contributed by atoms with van der Waals surface area (Å²) in [5, 5.41) is 0.524. The molecule has 0 aromatic heterocycles. The fourth-order valence-electron chi connectivity index (χ4n) is 3.33. The van der Waals surface area contributed by atoms with Crippen molar-refractivity contribution in [3.8, 4) is 11.5 Å². The highest BCUT2D eigenvalue weighted by molar-refractivity contribution is 9.10. The van der Waals surface area contributed by atoms with Crippen LogP contribution < -0.4 is 14.4 Å². The van der Waals surface area contributed by atoms with Gasteiger partial charge in [-0.2, -0.15) is 0 Å². The van der Waals surface area contributed by atoms with Crippen LogP contribution >= 0.6 is 27.5 Å². The van der Waals surface area contributed by atoms with Crippen LogP contribution in [-0.2, 0) is 4.79 Å². The fourth-order valence-corrected chi connectivity index (χ4v) is 3.81. The summed E-state index contributed by atoms with van der Waals surface area (Å²) in [4.78, 5) is 19.6. The number of aliphatic imine (C=N–C) groups is 1. The Hall–Kier alpha value is -3.09. The van der Waals surface area contributed by atoms with Gasteiger partial charge >= 0.3 is 0 Å². The molecule has 0 spiro atoms. The molecule has 2 aliphatic rings. The van der Waals surface area contributed by atoms with Crippen molar-refractivity contribution in [2.45, 2.75) is 0 Å². The van der Waals surface area contributed by atoms with Crippen molar-refractivity contribution >= 4 is 51.0 Å². The Morgan fingerprint density at radius 3 is 2.57 bits per heavy atom. The molecular weight excluding hydrogens is 468 g/mol. The van der Waals surface area contributed by atoms with Gasteiger partial charge in [0.25, 0.3) is 5.91 Å². The van der Waals surface area contributed by atoms with Crippen LogP contribution in [0.2, 0.25) is 5.02 Å². The molecule has 5 nitrogen and oxygen atoms in total. The number of carbonyl (C=O) groups is 1. The largest absolute Gasteiger partial charge is 0.454 e. The molecule has 30 heavy (non-hydrogen) atoms. The van der Waals surface area contributed by atoms with Crippen molar-refractivity contribution in [3.05, 3.63) is 93.0 Å². The summed E-state index contributed by atoms with van der Waals surface area (Å²) < 4.78 is 11.7. The minimum Gasteiger partial charge on any atom is -0.454 e. The van der Waals surface area contributed by atoms with Crippen LogP contribution in [0.1, 0.15) is 11.1 Å². The smallest absolute Gasteiger partial charge is 0.282 e. The third kappa shape index (κ3) is 3.38. The van der Waals surface area contributed by atoms with E-state index in [1.165, 1.54) is 0 Å². The van der Waals surface area contributed by atoms with E-state index in [-0.39, 0.29) is 12.7 Å². The molecule has 0 aliphatic carbocycles. The number of halogens is 2. The lowest BCUT2D eigenvalue weighted by Gasteiger charge is -2.19. The highest BCUT2D eigenvalue weighted by Gasteiger charge is 2.33. The van der Waals surface area contributed by atoms with Crippen LogP contribution in [0.15, 0.2) is 81.9 Å². The number of amides is 1. The molecule has 1 amide bonds. The van der Waals surface area contributed by atoms with Crippen molar-refractivity contribution in [2.75, 3.05) is 11.7 Å². The number of benzene rings is 3. The number of hydrogen-bond donors (Lipinski definition) is 0. The molecule has 7 heteroatoms. The quantitative estimate of drug-likeness (QED) is 0.453. The average Bonchev–Trinajstić information content (AvgIpc) is 3.34. The Bertz CT molecular complexity index is 1220. The van der Waals surface area contributed by atoms with Crippen LogP contribution in [0, 0.1) is 0 Å². The SMILES string of the molecule is O=C1/C(=C\c2ccc3c(c2)OCO3)N=C(c2ccccc2Cl)N1c1ccc(Br)cc1. The summed E-state index contributed by atoms with van der Waals surface area (Å²) in [7, 11) is 0. The zero-order valence-electron chi connectivity index (χ0n) is 15.5. The van der Waals surface area contributed by atoms with Crippen LogP contribution in [0.25, 0.3) is 6.08 Å². The van der Waals surface area contributed by atoms with Crippen LogP contribution in [-0.4, -0.2) is 18.5 Å². The summed E-state index contributed by atoms with van der Waals surface area (Å²) in [6.45, 7) is 0.195. The normalized spacial score (nSPS) is 16.3.